The molecule has 2 aromatic rings. The molecule has 0 unspecified atom stereocenters. The van der Waals surface area contributed by atoms with Gasteiger partial charge in [-0.15, -0.1) is 0 Å². The Labute approximate surface area is 141 Å². The fourth-order valence-electron chi connectivity index (χ4n) is 2.02. The molecule has 0 amide bonds. The summed E-state index contributed by atoms with van der Waals surface area (Å²) in [5.74, 6) is 1.48. The van der Waals surface area contributed by atoms with Crippen LogP contribution in [0.2, 0.25) is 10.0 Å². The number of aryl methyl sites for hydroxylation is 1. The van der Waals surface area contributed by atoms with Gasteiger partial charge >= 0.3 is 0 Å². The molecule has 118 valence electrons. The Balaban J connectivity index is 1.94. The van der Waals surface area contributed by atoms with Crippen molar-refractivity contribution in [1.29, 1.82) is 0 Å². The lowest BCUT2D eigenvalue weighted by molar-refractivity contribution is 0.940. The maximum absolute atomic E-state index is 6.17. The number of hydrogen-bond donors (Lipinski definition) is 2. The van der Waals surface area contributed by atoms with Crippen LogP contribution in [0.5, 0.6) is 0 Å². The van der Waals surface area contributed by atoms with Gasteiger partial charge in [-0.25, -0.2) is 4.98 Å². The van der Waals surface area contributed by atoms with E-state index in [1.807, 2.05) is 25.1 Å². The summed E-state index contributed by atoms with van der Waals surface area (Å²) >= 11 is 12.1. The van der Waals surface area contributed by atoms with Crippen LogP contribution in [0.4, 0.5) is 11.8 Å². The van der Waals surface area contributed by atoms with Gasteiger partial charge < -0.3 is 10.6 Å². The standard InChI is InChI=1S/C16H20Cl2N4/c1-3-7-20-16-21-11(2)9-15(22-16)19-8-6-12-4-5-13(17)10-14(12)18/h4-5,9-10H,3,6-8H2,1-2H3,(H2,19,20,21,22). The van der Waals surface area contributed by atoms with Gasteiger partial charge in [0.2, 0.25) is 5.95 Å². The Bertz CT molecular complexity index is 632. The van der Waals surface area contributed by atoms with Gasteiger partial charge in [0.05, 0.1) is 0 Å². The van der Waals surface area contributed by atoms with Crippen molar-refractivity contribution < 1.29 is 0 Å². The first-order valence-electron chi connectivity index (χ1n) is 7.36. The average molecular weight is 339 g/mol. The van der Waals surface area contributed by atoms with Gasteiger partial charge in [-0.1, -0.05) is 36.2 Å². The zero-order valence-corrected chi connectivity index (χ0v) is 14.3. The molecule has 0 spiro atoms. The number of nitrogens with one attached hydrogen (secondary N) is 2. The van der Waals surface area contributed by atoms with Crippen LogP contribution in [0, 0.1) is 6.92 Å². The van der Waals surface area contributed by atoms with E-state index in [2.05, 4.69) is 27.5 Å². The lowest BCUT2D eigenvalue weighted by Gasteiger charge is -2.10. The van der Waals surface area contributed by atoms with Gasteiger partial charge in [0, 0.05) is 34.9 Å². The van der Waals surface area contributed by atoms with E-state index in [1.165, 1.54) is 0 Å². The van der Waals surface area contributed by atoms with Crippen molar-refractivity contribution >= 4 is 35.0 Å². The molecule has 0 radical (unpaired) electrons. The van der Waals surface area contributed by atoms with E-state index in [-0.39, 0.29) is 0 Å². The van der Waals surface area contributed by atoms with E-state index < -0.39 is 0 Å². The van der Waals surface area contributed by atoms with E-state index in [0.717, 1.165) is 43.0 Å². The van der Waals surface area contributed by atoms with Crippen molar-refractivity contribution in [2.24, 2.45) is 0 Å². The number of aromatic nitrogens is 2. The van der Waals surface area contributed by atoms with Gasteiger partial charge in [-0.2, -0.15) is 4.98 Å². The third kappa shape index (κ3) is 5.04. The van der Waals surface area contributed by atoms with Crippen molar-refractivity contribution in [3.63, 3.8) is 0 Å². The maximum atomic E-state index is 6.17. The maximum Gasteiger partial charge on any atom is 0.224 e. The Morgan fingerprint density at radius 1 is 1.05 bits per heavy atom. The fraction of sp³-hybridized carbons (Fsp3) is 0.375. The first kappa shape index (κ1) is 16.8. The number of anilines is 2. The molecule has 1 heterocycles. The van der Waals surface area contributed by atoms with E-state index in [4.69, 9.17) is 23.2 Å². The smallest absolute Gasteiger partial charge is 0.224 e. The molecule has 1 aromatic carbocycles. The molecule has 1 aromatic heterocycles. The summed E-state index contributed by atoms with van der Waals surface area (Å²) < 4.78 is 0. The summed E-state index contributed by atoms with van der Waals surface area (Å²) in [6.45, 7) is 5.67. The number of nitrogens with zero attached hydrogens (tertiary/aromatic N) is 2. The molecule has 2 N–H and O–H groups in total. The molecule has 0 saturated heterocycles. The number of hydrogen-bond acceptors (Lipinski definition) is 4. The van der Waals surface area contributed by atoms with Crippen molar-refractivity contribution in [3.8, 4) is 0 Å². The highest BCUT2D eigenvalue weighted by Crippen LogP contribution is 2.21. The topological polar surface area (TPSA) is 49.8 Å². The first-order chi connectivity index (χ1) is 10.6. The lowest BCUT2D eigenvalue weighted by atomic mass is 10.1. The van der Waals surface area contributed by atoms with E-state index in [1.54, 1.807) is 6.07 Å². The van der Waals surface area contributed by atoms with Crippen molar-refractivity contribution in [2.75, 3.05) is 23.7 Å². The molecule has 0 atom stereocenters. The van der Waals surface area contributed by atoms with Crippen LogP contribution < -0.4 is 10.6 Å². The summed E-state index contributed by atoms with van der Waals surface area (Å²) in [6, 6.07) is 7.50. The molecule has 0 fully saturated rings. The quantitative estimate of drug-likeness (QED) is 0.776. The van der Waals surface area contributed by atoms with E-state index >= 15 is 0 Å². The molecule has 2 rings (SSSR count). The average Bonchev–Trinajstić information content (AvgIpc) is 2.47. The zero-order chi connectivity index (χ0) is 15.9. The van der Waals surface area contributed by atoms with Crippen LogP contribution in [0.25, 0.3) is 0 Å². The number of benzene rings is 1. The van der Waals surface area contributed by atoms with Gasteiger partial charge in [0.15, 0.2) is 0 Å². The van der Waals surface area contributed by atoms with E-state index in [0.29, 0.717) is 16.0 Å². The van der Waals surface area contributed by atoms with Crippen molar-refractivity contribution in [2.45, 2.75) is 26.7 Å². The molecular formula is C16H20Cl2N4. The minimum absolute atomic E-state index is 0.653. The zero-order valence-electron chi connectivity index (χ0n) is 12.8. The largest absolute Gasteiger partial charge is 0.370 e. The molecule has 6 heteroatoms. The number of halogens is 2. The highest BCUT2D eigenvalue weighted by atomic mass is 35.5. The normalized spacial score (nSPS) is 10.5. The summed E-state index contributed by atoms with van der Waals surface area (Å²) in [5.41, 5.74) is 1.99. The summed E-state index contributed by atoms with van der Waals surface area (Å²) in [4.78, 5) is 8.81. The Hall–Kier alpha value is -1.52. The summed E-state index contributed by atoms with van der Waals surface area (Å²) in [6.07, 6.45) is 1.84. The van der Waals surface area contributed by atoms with Crippen LogP contribution in [0.3, 0.4) is 0 Å². The van der Waals surface area contributed by atoms with Gasteiger partial charge in [0.1, 0.15) is 5.82 Å². The summed E-state index contributed by atoms with van der Waals surface area (Å²) in [7, 11) is 0. The Kier molecular flexibility index (Phi) is 6.28. The van der Waals surface area contributed by atoms with Gasteiger partial charge in [-0.3, -0.25) is 0 Å². The molecule has 4 nitrogen and oxygen atoms in total. The second kappa shape index (κ2) is 8.20. The Morgan fingerprint density at radius 2 is 1.86 bits per heavy atom. The van der Waals surface area contributed by atoms with Crippen LogP contribution in [0.1, 0.15) is 24.6 Å². The first-order valence-corrected chi connectivity index (χ1v) is 8.11. The molecule has 0 aliphatic carbocycles. The van der Waals surface area contributed by atoms with Gasteiger partial charge in [-0.05, 0) is 37.5 Å². The van der Waals surface area contributed by atoms with Crippen LogP contribution >= 0.6 is 23.2 Å². The predicted octanol–water partition coefficient (Wildman–Crippen LogP) is 4.57. The third-order valence-electron chi connectivity index (χ3n) is 3.10. The third-order valence-corrected chi connectivity index (χ3v) is 3.69. The van der Waals surface area contributed by atoms with Crippen molar-refractivity contribution in [3.05, 3.63) is 45.6 Å². The molecule has 0 aliphatic heterocycles. The fourth-order valence-corrected chi connectivity index (χ4v) is 2.53. The van der Waals surface area contributed by atoms with Gasteiger partial charge in [0.25, 0.3) is 0 Å². The highest BCUT2D eigenvalue weighted by molar-refractivity contribution is 6.35. The van der Waals surface area contributed by atoms with E-state index in [9.17, 15) is 0 Å². The predicted molar refractivity (Wildman–Crippen MR) is 94.2 cm³/mol. The minimum Gasteiger partial charge on any atom is -0.370 e. The SMILES string of the molecule is CCCNc1nc(C)cc(NCCc2ccc(Cl)cc2Cl)n1. The van der Waals surface area contributed by atoms with Crippen molar-refractivity contribution in [1.82, 2.24) is 9.97 Å². The highest BCUT2D eigenvalue weighted by Gasteiger charge is 2.04. The van der Waals surface area contributed by atoms with Crippen LogP contribution in [0.15, 0.2) is 24.3 Å². The molecule has 0 bridgehead atoms. The molecular weight excluding hydrogens is 319 g/mol. The monoisotopic (exact) mass is 338 g/mol. The Morgan fingerprint density at radius 3 is 2.59 bits per heavy atom. The molecule has 0 aliphatic rings. The molecule has 0 saturated carbocycles. The van der Waals surface area contributed by atoms with Crippen LogP contribution in [-0.2, 0) is 6.42 Å². The number of rotatable bonds is 7. The van der Waals surface area contributed by atoms with Crippen LogP contribution in [-0.4, -0.2) is 23.1 Å². The minimum atomic E-state index is 0.653. The second-order valence-corrected chi connectivity index (χ2v) is 5.90. The molecule has 22 heavy (non-hydrogen) atoms. The summed E-state index contributed by atoms with van der Waals surface area (Å²) in [5, 5.41) is 7.86. The second-order valence-electron chi connectivity index (χ2n) is 5.06. The lowest BCUT2D eigenvalue weighted by Crippen LogP contribution is -2.10.